The zero-order valence-corrected chi connectivity index (χ0v) is 10.1. The monoisotopic (exact) mass is 264 g/mol. The Kier molecular flexibility index (Phi) is 3.07. The largest absolute Gasteiger partial charge is 0.476 e. The lowest BCUT2D eigenvalue weighted by atomic mass is 10.1. The van der Waals surface area contributed by atoms with Crippen LogP contribution in [0.15, 0.2) is 24.3 Å². The third-order valence-corrected chi connectivity index (χ3v) is 3.28. The number of rotatable bonds is 3. The van der Waals surface area contributed by atoms with Gasteiger partial charge in [-0.1, -0.05) is 12.1 Å². The van der Waals surface area contributed by atoms with Crippen molar-refractivity contribution >= 4 is 23.0 Å². The second kappa shape index (κ2) is 4.53. The van der Waals surface area contributed by atoms with Crippen LogP contribution in [0.3, 0.4) is 0 Å². The fourth-order valence-electron chi connectivity index (χ4n) is 1.53. The van der Waals surface area contributed by atoms with E-state index < -0.39 is 10.9 Å². The molecular formula is C11H8N2O4S. The molecule has 2 rings (SSSR count). The van der Waals surface area contributed by atoms with Crippen LogP contribution in [0.1, 0.15) is 15.5 Å². The number of carbonyl (C=O) groups is 1. The van der Waals surface area contributed by atoms with Crippen molar-refractivity contribution in [1.82, 2.24) is 4.98 Å². The molecule has 0 amide bonds. The van der Waals surface area contributed by atoms with E-state index in [2.05, 4.69) is 4.98 Å². The van der Waals surface area contributed by atoms with E-state index in [-0.39, 0.29) is 11.4 Å². The summed E-state index contributed by atoms with van der Waals surface area (Å²) in [6.07, 6.45) is 0. The molecule has 7 heteroatoms. The number of nitro benzene ring substituents is 1. The molecule has 0 atom stereocenters. The lowest BCUT2D eigenvalue weighted by Gasteiger charge is -1.98. The maximum Gasteiger partial charge on any atom is 0.356 e. The molecule has 92 valence electrons. The van der Waals surface area contributed by atoms with Crippen molar-refractivity contribution in [2.24, 2.45) is 0 Å². The molecule has 0 aliphatic carbocycles. The minimum Gasteiger partial charge on any atom is -0.476 e. The number of nitro groups is 1. The smallest absolute Gasteiger partial charge is 0.356 e. The SMILES string of the molecule is Cc1nc(C(=O)O)c(-c2cccc([N+](=O)[O-])c2)s1. The van der Waals surface area contributed by atoms with Crippen LogP contribution in [0, 0.1) is 17.0 Å². The Balaban J connectivity index is 2.58. The zero-order valence-electron chi connectivity index (χ0n) is 9.28. The number of non-ortho nitro benzene ring substituents is 1. The number of aromatic nitrogens is 1. The van der Waals surface area contributed by atoms with Gasteiger partial charge in [0, 0.05) is 17.7 Å². The maximum absolute atomic E-state index is 11.0. The highest BCUT2D eigenvalue weighted by Gasteiger charge is 2.18. The molecule has 1 aromatic heterocycles. The Morgan fingerprint density at radius 1 is 1.50 bits per heavy atom. The van der Waals surface area contributed by atoms with Gasteiger partial charge in [-0.15, -0.1) is 11.3 Å². The van der Waals surface area contributed by atoms with Gasteiger partial charge in [-0.05, 0) is 6.92 Å². The van der Waals surface area contributed by atoms with E-state index in [0.29, 0.717) is 15.4 Å². The van der Waals surface area contributed by atoms with Gasteiger partial charge in [0.1, 0.15) is 0 Å². The van der Waals surface area contributed by atoms with E-state index in [4.69, 9.17) is 5.11 Å². The summed E-state index contributed by atoms with van der Waals surface area (Å²) in [6.45, 7) is 1.69. The highest BCUT2D eigenvalue weighted by atomic mass is 32.1. The molecule has 0 spiro atoms. The van der Waals surface area contributed by atoms with E-state index in [1.54, 1.807) is 13.0 Å². The van der Waals surface area contributed by atoms with Gasteiger partial charge < -0.3 is 5.11 Å². The number of thiazole rings is 1. The Morgan fingerprint density at radius 3 is 2.83 bits per heavy atom. The summed E-state index contributed by atoms with van der Waals surface area (Å²) < 4.78 is 0. The number of carboxylic acids is 1. The first-order valence-electron chi connectivity index (χ1n) is 4.94. The topological polar surface area (TPSA) is 93.3 Å². The summed E-state index contributed by atoms with van der Waals surface area (Å²) in [5.41, 5.74) is 0.347. The highest BCUT2D eigenvalue weighted by Crippen LogP contribution is 2.32. The van der Waals surface area contributed by atoms with E-state index in [1.165, 1.54) is 29.5 Å². The number of carboxylic acid groups (broad SMARTS) is 1. The molecule has 1 heterocycles. The summed E-state index contributed by atoms with van der Waals surface area (Å²) in [4.78, 5) is 25.6. The number of hydrogen-bond acceptors (Lipinski definition) is 5. The first-order valence-corrected chi connectivity index (χ1v) is 5.76. The van der Waals surface area contributed by atoms with Gasteiger partial charge in [-0.25, -0.2) is 9.78 Å². The fraction of sp³-hybridized carbons (Fsp3) is 0.0909. The van der Waals surface area contributed by atoms with Crippen LogP contribution in [-0.4, -0.2) is 21.0 Å². The molecule has 0 radical (unpaired) electrons. The molecule has 0 unspecified atom stereocenters. The number of hydrogen-bond donors (Lipinski definition) is 1. The van der Waals surface area contributed by atoms with Crippen molar-refractivity contribution < 1.29 is 14.8 Å². The quantitative estimate of drug-likeness (QED) is 0.679. The summed E-state index contributed by atoms with van der Waals surface area (Å²) >= 11 is 1.20. The lowest BCUT2D eigenvalue weighted by molar-refractivity contribution is -0.384. The van der Waals surface area contributed by atoms with Gasteiger partial charge in [0.2, 0.25) is 0 Å². The molecule has 0 aliphatic heterocycles. The average molecular weight is 264 g/mol. The molecular weight excluding hydrogens is 256 g/mol. The van der Waals surface area contributed by atoms with Crippen molar-refractivity contribution in [3.63, 3.8) is 0 Å². The first-order chi connectivity index (χ1) is 8.49. The number of nitrogens with zero attached hydrogens (tertiary/aromatic N) is 2. The van der Waals surface area contributed by atoms with Gasteiger partial charge >= 0.3 is 5.97 Å². The molecule has 0 saturated carbocycles. The molecule has 0 bridgehead atoms. The Morgan fingerprint density at radius 2 is 2.22 bits per heavy atom. The number of benzene rings is 1. The Hall–Kier alpha value is -2.28. The van der Waals surface area contributed by atoms with Crippen LogP contribution < -0.4 is 0 Å². The summed E-state index contributed by atoms with van der Waals surface area (Å²) in [6, 6.07) is 5.86. The van der Waals surface area contributed by atoms with Crippen LogP contribution in [0.2, 0.25) is 0 Å². The summed E-state index contributed by atoms with van der Waals surface area (Å²) in [7, 11) is 0. The third kappa shape index (κ3) is 2.21. The van der Waals surface area contributed by atoms with Gasteiger partial charge in [-0.2, -0.15) is 0 Å². The van der Waals surface area contributed by atoms with Gasteiger partial charge in [0.15, 0.2) is 5.69 Å². The minimum absolute atomic E-state index is 0.0713. The molecule has 0 fully saturated rings. The summed E-state index contributed by atoms with van der Waals surface area (Å²) in [5, 5.41) is 20.3. The van der Waals surface area contributed by atoms with Crippen molar-refractivity contribution in [3.8, 4) is 10.4 Å². The predicted octanol–water partition coefficient (Wildman–Crippen LogP) is 2.72. The Labute approximate surface area is 106 Å². The van der Waals surface area contributed by atoms with E-state index in [9.17, 15) is 14.9 Å². The average Bonchev–Trinajstić information content (AvgIpc) is 2.72. The molecule has 2 aromatic rings. The second-order valence-corrected chi connectivity index (χ2v) is 4.73. The van der Waals surface area contributed by atoms with Crippen molar-refractivity contribution in [2.75, 3.05) is 0 Å². The van der Waals surface area contributed by atoms with Gasteiger partial charge in [-0.3, -0.25) is 10.1 Å². The molecule has 1 N–H and O–H groups in total. The normalized spacial score (nSPS) is 10.3. The van der Waals surface area contributed by atoms with Crippen LogP contribution >= 0.6 is 11.3 Å². The second-order valence-electron chi connectivity index (χ2n) is 3.52. The number of aryl methyl sites for hydroxylation is 1. The van der Waals surface area contributed by atoms with Crippen molar-refractivity contribution in [3.05, 3.63) is 45.1 Å². The maximum atomic E-state index is 11.0. The predicted molar refractivity (Wildman–Crippen MR) is 65.9 cm³/mol. The fourth-order valence-corrected chi connectivity index (χ4v) is 2.44. The van der Waals surface area contributed by atoms with Crippen LogP contribution in [-0.2, 0) is 0 Å². The lowest BCUT2D eigenvalue weighted by Crippen LogP contribution is -1.99. The van der Waals surface area contributed by atoms with Crippen LogP contribution in [0.25, 0.3) is 10.4 Å². The standard InChI is InChI=1S/C11H8N2O4S/c1-6-12-9(11(14)15)10(18-6)7-3-2-4-8(5-7)13(16)17/h2-5H,1H3,(H,14,15). The first kappa shape index (κ1) is 12.2. The summed E-state index contributed by atoms with van der Waals surface area (Å²) in [5.74, 6) is -1.14. The molecule has 0 saturated heterocycles. The highest BCUT2D eigenvalue weighted by molar-refractivity contribution is 7.15. The van der Waals surface area contributed by atoms with E-state index >= 15 is 0 Å². The third-order valence-electron chi connectivity index (χ3n) is 2.26. The Bertz CT molecular complexity index is 636. The van der Waals surface area contributed by atoms with E-state index in [0.717, 1.165) is 0 Å². The molecule has 18 heavy (non-hydrogen) atoms. The molecule has 1 aromatic carbocycles. The minimum atomic E-state index is -1.14. The van der Waals surface area contributed by atoms with E-state index in [1.807, 2.05) is 0 Å². The van der Waals surface area contributed by atoms with Gasteiger partial charge in [0.25, 0.3) is 5.69 Å². The zero-order chi connectivity index (χ0) is 13.3. The molecule has 6 nitrogen and oxygen atoms in total. The number of aromatic carboxylic acids is 1. The molecule has 0 aliphatic rings. The van der Waals surface area contributed by atoms with Crippen LogP contribution in [0.4, 0.5) is 5.69 Å². The van der Waals surface area contributed by atoms with Crippen molar-refractivity contribution in [1.29, 1.82) is 0 Å². The van der Waals surface area contributed by atoms with Gasteiger partial charge in [0.05, 0.1) is 14.8 Å². The van der Waals surface area contributed by atoms with Crippen LogP contribution in [0.5, 0.6) is 0 Å². The van der Waals surface area contributed by atoms with Crippen molar-refractivity contribution in [2.45, 2.75) is 6.92 Å².